The molecule has 0 aliphatic carbocycles. The van der Waals surface area contributed by atoms with Crippen molar-refractivity contribution >= 4 is 20.8 Å². The van der Waals surface area contributed by atoms with Gasteiger partial charge in [0.15, 0.2) is 0 Å². The largest absolute Gasteiger partial charge is 0.244 e. The first-order valence-corrected chi connectivity index (χ1v) is 10.5. The Balaban J connectivity index is 1.53. The fourth-order valence-electron chi connectivity index (χ4n) is 4.64. The molecule has 0 spiro atoms. The van der Waals surface area contributed by atoms with E-state index in [0.29, 0.717) is 4.90 Å². The van der Waals surface area contributed by atoms with E-state index in [1.807, 2.05) is 36.4 Å². The highest BCUT2D eigenvalue weighted by molar-refractivity contribution is 7.89. The summed E-state index contributed by atoms with van der Waals surface area (Å²) in [7, 11) is -3.53. The van der Waals surface area contributed by atoms with E-state index in [1.165, 1.54) is 0 Å². The van der Waals surface area contributed by atoms with Gasteiger partial charge in [0.2, 0.25) is 10.0 Å². The van der Waals surface area contributed by atoms with Crippen molar-refractivity contribution in [1.29, 1.82) is 0 Å². The van der Waals surface area contributed by atoms with Crippen LogP contribution in [0.25, 0.3) is 10.8 Å². The molecule has 1 aromatic heterocycles. The molecule has 7 heteroatoms. The van der Waals surface area contributed by atoms with Gasteiger partial charge < -0.3 is 0 Å². The van der Waals surface area contributed by atoms with E-state index in [0.717, 1.165) is 36.5 Å². The van der Waals surface area contributed by atoms with Crippen LogP contribution in [-0.2, 0) is 10.0 Å². The second kappa shape index (κ2) is 5.89. The molecule has 0 saturated carbocycles. The van der Waals surface area contributed by atoms with Crippen molar-refractivity contribution in [3.63, 3.8) is 0 Å². The van der Waals surface area contributed by atoms with Crippen molar-refractivity contribution in [2.45, 2.75) is 48.7 Å². The summed E-state index contributed by atoms with van der Waals surface area (Å²) in [6.45, 7) is 0. The molecule has 5 rings (SSSR count). The number of aromatic nitrogens is 3. The average Bonchev–Trinajstić information content (AvgIpc) is 3.28. The number of hydrogen-bond donors (Lipinski definition) is 0. The number of benzene rings is 2. The first kappa shape index (κ1) is 16.0. The zero-order chi connectivity index (χ0) is 17.7. The minimum atomic E-state index is -3.53. The standard InChI is InChI=1S/C19H20N4O2S/c24-26(25,19-7-3-5-14-4-1-2-6-18(14)19)22-15-8-9-16(22)13-17(12-15)23-20-10-11-21-23/h1-7,10-11,15-17H,8-9,12-13H2/t15-,16-/m0/s1. The van der Waals surface area contributed by atoms with Gasteiger partial charge in [-0.15, -0.1) is 0 Å². The molecule has 2 fully saturated rings. The lowest BCUT2D eigenvalue weighted by Crippen LogP contribution is -2.47. The molecule has 3 aromatic rings. The molecule has 3 heterocycles. The summed E-state index contributed by atoms with van der Waals surface area (Å²) in [5, 5.41) is 10.3. The maximum atomic E-state index is 13.5. The Kier molecular flexibility index (Phi) is 3.62. The summed E-state index contributed by atoms with van der Waals surface area (Å²) in [5.41, 5.74) is 0. The summed E-state index contributed by atoms with van der Waals surface area (Å²) >= 11 is 0. The fraction of sp³-hybridized carbons (Fsp3) is 0.368. The SMILES string of the molecule is O=S(=O)(c1cccc2ccccc12)N1[C@H]2CC[C@H]1CC(n1nccn1)C2. The molecule has 2 atom stereocenters. The first-order chi connectivity index (χ1) is 12.6. The Morgan fingerprint density at radius 3 is 2.23 bits per heavy atom. The highest BCUT2D eigenvalue weighted by Crippen LogP contribution is 2.44. The van der Waals surface area contributed by atoms with Gasteiger partial charge in [-0.2, -0.15) is 19.3 Å². The first-order valence-electron chi connectivity index (χ1n) is 9.02. The number of nitrogens with zero attached hydrogens (tertiary/aromatic N) is 4. The Hall–Kier alpha value is -2.25. The maximum absolute atomic E-state index is 13.5. The van der Waals surface area contributed by atoms with Crippen molar-refractivity contribution in [3.05, 3.63) is 54.9 Å². The third kappa shape index (κ3) is 2.38. The van der Waals surface area contributed by atoms with Crippen molar-refractivity contribution in [1.82, 2.24) is 19.3 Å². The van der Waals surface area contributed by atoms with E-state index in [-0.39, 0.29) is 18.1 Å². The van der Waals surface area contributed by atoms with Crippen molar-refractivity contribution in [3.8, 4) is 0 Å². The Bertz CT molecular complexity index is 1030. The van der Waals surface area contributed by atoms with Gasteiger partial charge in [0.25, 0.3) is 0 Å². The number of piperidine rings is 1. The third-order valence-corrected chi connectivity index (χ3v) is 7.77. The molecule has 0 radical (unpaired) electrons. The zero-order valence-corrected chi connectivity index (χ0v) is 15.1. The predicted octanol–water partition coefficient (Wildman–Crippen LogP) is 2.99. The second-order valence-corrected chi connectivity index (χ2v) is 8.98. The molecule has 6 nitrogen and oxygen atoms in total. The molecule has 134 valence electrons. The van der Waals surface area contributed by atoms with Gasteiger partial charge in [-0.05, 0) is 37.1 Å². The molecular weight excluding hydrogens is 348 g/mol. The predicted molar refractivity (Wildman–Crippen MR) is 98.1 cm³/mol. The minimum Gasteiger partial charge on any atom is -0.207 e. The Morgan fingerprint density at radius 2 is 1.50 bits per heavy atom. The van der Waals surface area contributed by atoms with E-state index >= 15 is 0 Å². The number of sulfonamides is 1. The van der Waals surface area contributed by atoms with Gasteiger partial charge in [-0.3, -0.25) is 0 Å². The van der Waals surface area contributed by atoms with E-state index in [2.05, 4.69) is 10.2 Å². The van der Waals surface area contributed by atoms with Crippen LogP contribution in [-0.4, -0.2) is 39.8 Å². The summed E-state index contributed by atoms with van der Waals surface area (Å²) in [5.74, 6) is 0. The third-order valence-electron chi connectivity index (χ3n) is 5.71. The highest BCUT2D eigenvalue weighted by Gasteiger charge is 2.48. The minimum absolute atomic E-state index is 0.0220. The molecule has 2 bridgehead atoms. The summed E-state index contributed by atoms with van der Waals surface area (Å²) in [6, 6.07) is 13.4. The Labute approximate surface area is 152 Å². The van der Waals surface area contributed by atoms with E-state index < -0.39 is 10.0 Å². The lowest BCUT2D eigenvalue weighted by molar-refractivity contribution is 0.174. The summed E-state index contributed by atoms with van der Waals surface area (Å²) < 4.78 is 28.9. The molecule has 0 unspecified atom stereocenters. The fourth-order valence-corrected chi connectivity index (χ4v) is 6.74. The molecule has 0 amide bonds. The number of rotatable bonds is 3. The van der Waals surface area contributed by atoms with Crippen molar-refractivity contribution in [2.24, 2.45) is 0 Å². The van der Waals surface area contributed by atoms with Gasteiger partial charge in [0.05, 0.1) is 23.3 Å². The van der Waals surface area contributed by atoms with E-state index in [9.17, 15) is 8.42 Å². The molecule has 0 N–H and O–H groups in total. The smallest absolute Gasteiger partial charge is 0.207 e. The van der Waals surface area contributed by atoms with Crippen LogP contribution in [0.15, 0.2) is 59.8 Å². The highest BCUT2D eigenvalue weighted by atomic mass is 32.2. The van der Waals surface area contributed by atoms with Gasteiger partial charge in [0.1, 0.15) is 0 Å². The monoisotopic (exact) mass is 368 g/mol. The average molecular weight is 368 g/mol. The van der Waals surface area contributed by atoms with Crippen LogP contribution in [0.3, 0.4) is 0 Å². The molecule has 2 saturated heterocycles. The van der Waals surface area contributed by atoms with Gasteiger partial charge in [0, 0.05) is 17.5 Å². The van der Waals surface area contributed by atoms with Crippen LogP contribution in [0.5, 0.6) is 0 Å². The van der Waals surface area contributed by atoms with Crippen LogP contribution >= 0.6 is 0 Å². The molecule has 2 aliphatic rings. The molecule has 2 aromatic carbocycles. The zero-order valence-electron chi connectivity index (χ0n) is 14.3. The van der Waals surface area contributed by atoms with Crippen LogP contribution in [0.1, 0.15) is 31.7 Å². The van der Waals surface area contributed by atoms with E-state index in [4.69, 9.17) is 0 Å². The normalized spacial score (nSPS) is 26.4. The van der Waals surface area contributed by atoms with Crippen molar-refractivity contribution in [2.75, 3.05) is 0 Å². The van der Waals surface area contributed by atoms with Crippen LogP contribution in [0.2, 0.25) is 0 Å². The number of fused-ring (bicyclic) bond motifs is 3. The second-order valence-electron chi connectivity index (χ2n) is 7.17. The van der Waals surface area contributed by atoms with Crippen LogP contribution in [0, 0.1) is 0 Å². The lowest BCUT2D eigenvalue weighted by Gasteiger charge is -2.37. The summed E-state index contributed by atoms with van der Waals surface area (Å²) in [4.78, 5) is 2.16. The van der Waals surface area contributed by atoms with E-state index in [1.54, 1.807) is 27.6 Å². The molecule has 26 heavy (non-hydrogen) atoms. The lowest BCUT2D eigenvalue weighted by atomic mass is 10.0. The van der Waals surface area contributed by atoms with Crippen LogP contribution < -0.4 is 0 Å². The summed E-state index contributed by atoms with van der Waals surface area (Å²) in [6.07, 6.45) is 6.73. The molecular formula is C19H20N4O2S. The van der Waals surface area contributed by atoms with Crippen molar-refractivity contribution < 1.29 is 8.42 Å². The quantitative estimate of drug-likeness (QED) is 0.713. The van der Waals surface area contributed by atoms with Gasteiger partial charge in [-0.1, -0.05) is 36.4 Å². The van der Waals surface area contributed by atoms with Gasteiger partial charge >= 0.3 is 0 Å². The Morgan fingerprint density at radius 1 is 0.846 bits per heavy atom. The number of hydrogen-bond acceptors (Lipinski definition) is 4. The molecule has 2 aliphatic heterocycles. The maximum Gasteiger partial charge on any atom is 0.244 e. The van der Waals surface area contributed by atoms with Crippen LogP contribution in [0.4, 0.5) is 0 Å². The van der Waals surface area contributed by atoms with Gasteiger partial charge in [-0.25, -0.2) is 8.42 Å². The topological polar surface area (TPSA) is 68.1 Å².